The van der Waals surface area contributed by atoms with Crippen molar-refractivity contribution in [2.75, 3.05) is 25.1 Å². The van der Waals surface area contributed by atoms with Gasteiger partial charge < -0.3 is 15.8 Å². The Morgan fingerprint density at radius 2 is 2.06 bits per heavy atom. The lowest BCUT2D eigenvalue weighted by Gasteiger charge is -2.07. The number of carbonyl (C=O) groups excluding carboxylic acids is 1. The van der Waals surface area contributed by atoms with Gasteiger partial charge in [-0.15, -0.1) is 0 Å². The summed E-state index contributed by atoms with van der Waals surface area (Å²) in [6.45, 7) is 0.0262. The van der Waals surface area contributed by atoms with E-state index < -0.39 is 29.0 Å². The quantitative estimate of drug-likeness (QED) is 0.604. The molecular weight excluding hydrogens is 237 g/mol. The van der Waals surface area contributed by atoms with Crippen LogP contribution in [-0.2, 0) is 9.53 Å². The van der Waals surface area contributed by atoms with Crippen molar-refractivity contribution in [1.29, 1.82) is 0 Å². The fourth-order valence-corrected chi connectivity index (χ4v) is 1.08. The molecule has 0 fully saturated rings. The van der Waals surface area contributed by atoms with Crippen molar-refractivity contribution in [1.82, 2.24) is 0 Å². The molecule has 0 saturated heterocycles. The highest BCUT2D eigenvalue weighted by Crippen LogP contribution is 2.18. The van der Waals surface area contributed by atoms with Gasteiger partial charge in [0.25, 0.3) is 0 Å². The summed E-state index contributed by atoms with van der Waals surface area (Å²) in [5, 5.41) is 1.99. The zero-order chi connectivity index (χ0) is 12.8. The summed E-state index contributed by atoms with van der Waals surface area (Å²) >= 11 is 0. The molecular formula is C10H11F3N2O2. The first kappa shape index (κ1) is 13.5. The molecule has 0 atom stereocenters. The van der Waals surface area contributed by atoms with Gasteiger partial charge in [0.05, 0.1) is 12.3 Å². The number of benzene rings is 1. The molecule has 7 heteroatoms. The maximum atomic E-state index is 13.1. The second-order valence-corrected chi connectivity index (χ2v) is 3.14. The number of nitrogens with two attached hydrogens (primary N) is 1. The number of rotatable bonds is 5. The maximum absolute atomic E-state index is 13.1. The molecule has 0 aliphatic heterocycles. The molecule has 0 heterocycles. The largest absolute Gasteiger partial charge is 0.370 e. The first-order valence-corrected chi connectivity index (χ1v) is 4.76. The Balaban J connectivity index is 2.65. The second kappa shape index (κ2) is 6.21. The average molecular weight is 248 g/mol. The topological polar surface area (TPSA) is 64.3 Å². The smallest absolute Gasteiger partial charge is 0.250 e. The highest BCUT2D eigenvalue weighted by atomic mass is 19.2. The van der Waals surface area contributed by atoms with Crippen molar-refractivity contribution in [2.24, 2.45) is 5.73 Å². The molecule has 4 nitrogen and oxygen atoms in total. The molecule has 0 unspecified atom stereocenters. The lowest BCUT2D eigenvalue weighted by Crippen LogP contribution is -2.21. The molecule has 17 heavy (non-hydrogen) atoms. The summed E-state index contributed by atoms with van der Waals surface area (Å²) in [5.41, 5.74) is 4.55. The van der Waals surface area contributed by atoms with Crippen LogP contribution in [0, 0.1) is 17.5 Å². The van der Waals surface area contributed by atoms with Gasteiger partial charge in [-0.1, -0.05) is 0 Å². The Kier molecular flexibility index (Phi) is 4.92. The minimum absolute atomic E-state index is 0.160. The molecule has 0 spiro atoms. The van der Waals surface area contributed by atoms with Gasteiger partial charge in [-0.25, -0.2) is 13.2 Å². The number of anilines is 1. The predicted molar refractivity (Wildman–Crippen MR) is 54.8 cm³/mol. The van der Waals surface area contributed by atoms with Crippen LogP contribution < -0.4 is 11.1 Å². The van der Waals surface area contributed by atoms with Gasteiger partial charge in [-0.05, 0) is 0 Å². The monoisotopic (exact) mass is 248 g/mol. The number of ether oxygens (including phenoxy) is 1. The van der Waals surface area contributed by atoms with E-state index in [9.17, 15) is 18.0 Å². The van der Waals surface area contributed by atoms with E-state index in [0.29, 0.717) is 12.1 Å². The normalized spacial score (nSPS) is 10.4. The van der Waals surface area contributed by atoms with Crippen molar-refractivity contribution in [3.8, 4) is 0 Å². The number of halogens is 3. The van der Waals surface area contributed by atoms with E-state index >= 15 is 0 Å². The SMILES string of the molecule is NCCOCC(=O)Nc1cc(F)cc(F)c1F. The van der Waals surface area contributed by atoms with E-state index in [0.717, 1.165) is 0 Å². The zero-order valence-corrected chi connectivity index (χ0v) is 8.80. The number of amides is 1. The van der Waals surface area contributed by atoms with Crippen molar-refractivity contribution in [3.63, 3.8) is 0 Å². The van der Waals surface area contributed by atoms with E-state index in [1.54, 1.807) is 0 Å². The molecule has 0 saturated carbocycles. The van der Waals surface area contributed by atoms with Crippen molar-refractivity contribution >= 4 is 11.6 Å². The molecule has 0 aliphatic rings. The molecule has 3 N–H and O–H groups in total. The van der Waals surface area contributed by atoms with Crippen molar-refractivity contribution < 1.29 is 22.7 Å². The Bertz CT molecular complexity index is 413. The van der Waals surface area contributed by atoms with Gasteiger partial charge in [0.2, 0.25) is 5.91 Å². The summed E-state index contributed by atoms with van der Waals surface area (Å²) in [6.07, 6.45) is 0. The summed E-state index contributed by atoms with van der Waals surface area (Å²) in [6, 6.07) is 1.06. The van der Waals surface area contributed by atoms with Crippen LogP contribution in [0.1, 0.15) is 0 Å². The highest BCUT2D eigenvalue weighted by molar-refractivity contribution is 5.91. The minimum Gasteiger partial charge on any atom is -0.370 e. The molecule has 1 aromatic carbocycles. The van der Waals surface area contributed by atoms with E-state index in [1.807, 2.05) is 5.32 Å². The fourth-order valence-electron chi connectivity index (χ4n) is 1.08. The van der Waals surface area contributed by atoms with E-state index in [2.05, 4.69) is 0 Å². The van der Waals surface area contributed by atoms with Crippen molar-refractivity contribution in [2.45, 2.75) is 0 Å². The first-order chi connectivity index (χ1) is 8.04. The standard InChI is InChI=1S/C10H11F3N2O2/c11-6-3-7(12)10(13)8(4-6)15-9(16)5-17-2-1-14/h3-4H,1-2,5,14H2,(H,15,16). The van der Waals surface area contributed by atoms with Gasteiger partial charge >= 0.3 is 0 Å². The molecule has 0 aliphatic carbocycles. The maximum Gasteiger partial charge on any atom is 0.250 e. The van der Waals surface area contributed by atoms with Crippen molar-refractivity contribution in [3.05, 3.63) is 29.6 Å². The van der Waals surface area contributed by atoms with Crippen LogP contribution in [0.3, 0.4) is 0 Å². The third-order valence-electron chi connectivity index (χ3n) is 1.76. The third-order valence-corrected chi connectivity index (χ3v) is 1.76. The second-order valence-electron chi connectivity index (χ2n) is 3.14. The van der Waals surface area contributed by atoms with Crippen LogP contribution in [0.2, 0.25) is 0 Å². The molecule has 0 bridgehead atoms. The van der Waals surface area contributed by atoms with E-state index in [4.69, 9.17) is 10.5 Å². The third kappa shape index (κ3) is 4.04. The van der Waals surface area contributed by atoms with Gasteiger partial charge in [-0.2, -0.15) is 0 Å². The van der Waals surface area contributed by atoms with Crippen LogP contribution in [0.25, 0.3) is 0 Å². The number of carbonyl (C=O) groups is 1. The van der Waals surface area contributed by atoms with Gasteiger partial charge in [0, 0.05) is 18.7 Å². The van der Waals surface area contributed by atoms with Gasteiger partial charge in [0.15, 0.2) is 11.6 Å². The van der Waals surface area contributed by atoms with Crippen LogP contribution >= 0.6 is 0 Å². The predicted octanol–water partition coefficient (Wildman–Crippen LogP) is 1.02. The Labute approximate surface area is 95.6 Å². The van der Waals surface area contributed by atoms with Crippen LogP contribution in [0.15, 0.2) is 12.1 Å². The Morgan fingerprint density at radius 1 is 1.35 bits per heavy atom. The molecule has 1 rings (SSSR count). The zero-order valence-electron chi connectivity index (χ0n) is 8.80. The molecule has 1 amide bonds. The summed E-state index contributed by atoms with van der Waals surface area (Å²) in [4.78, 5) is 11.2. The Hall–Kier alpha value is -1.60. The summed E-state index contributed by atoms with van der Waals surface area (Å²) in [7, 11) is 0. The molecule has 0 aromatic heterocycles. The fraction of sp³-hybridized carbons (Fsp3) is 0.300. The highest BCUT2D eigenvalue weighted by Gasteiger charge is 2.13. The van der Waals surface area contributed by atoms with E-state index in [1.165, 1.54) is 0 Å². The molecule has 94 valence electrons. The first-order valence-electron chi connectivity index (χ1n) is 4.76. The number of hydrogen-bond donors (Lipinski definition) is 2. The van der Waals surface area contributed by atoms with E-state index in [-0.39, 0.29) is 19.8 Å². The van der Waals surface area contributed by atoms with Crippen LogP contribution in [0.5, 0.6) is 0 Å². The van der Waals surface area contributed by atoms with Crippen LogP contribution in [0.4, 0.5) is 18.9 Å². The number of nitrogens with one attached hydrogen (secondary N) is 1. The number of hydrogen-bond acceptors (Lipinski definition) is 3. The average Bonchev–Trinajstić information content (AvgIpc) is 2.25. The lowest BCUT2D eigenvalue weighted by molar-refractivity contribution is -0.120. The molecule has 0 radical (unpaired) electrons. The van der Waals surface area contributed by atoms with Crippen LogP contribution in [-0.4, -0.2) is 25.7 Å². The minimum atomic E-state index is -1.37. The summed E-state index contributed by atoms with van der Waals surface area (Å²) < 4.78 is 43.4. The Morgan fingerprint density at radius 3 is 2.71 bits per heavy atom. The van der Waals surface area contributed by atoms with Gasteiger partial charge in [0.1, 0.15) is 12.4 Å². The van der Waals surface area contributed by atoms with Gasteiger partial charge in [-0.3, -0.25) is 4.79 Å². The summed E-state index contributed by atoms with van der Waals surface area (Å²) in [5.74, 6) is -4.40. The molecule has 1 aromatic rings. The lowest BCUT2D eigenvalue weighted by atomic mass is 10.3.